The topological polar surface area (TPSA) is 35.6 Å². The van der Waals surface area contributed by atoms with E-state index < -0.39 is 0 Å². The second-order valence-corrected chi connectivity index (χ2v) is 6.74. The van der Waals surface area contributed by atoms with Crippen LogP contribution in [0.4, 0.5) is 0 Å². The Morgan fingerprint density at radius 1 is 1.33 bits per heavy atom. The molecule has 0 aromatic heterocycles. The van der Waals surface area contributed by atoms with Crippen LogP contribution in [0.15, 0.2) is 11.8 Å². The van der Waals surface area contributed by atoms with Crippen molar-refractivity contribution in [1.29, 1.82) is 0 Å². The number of allylic oxidation sites excluding steroid dienone is 2. The van der Waals surface area contributed by atoms with E-state index >= 15 is 0 Å². The van der Waals surface area contributed by atoms with Crippen LogP contribution in [0.3, 0.4) is 0 Å². The molecule has 1 aliphatic carbocycles. The van der Waals surface area contributed by atoms with E-state index in [1.807, 2.05) is 4.90 Å². The van der Waals surface area contributed by atoms with Gasteiger partial charge >= 0.3 is 0 Å². The summed E-state index contributed by atoms with van der Waals surface area (Å²) in [5.74, 6) is 0.295. The Morgan fingerprint density at radius 2 is 2.19 bits per heavy atom. The van der Waals surface area contributed by atoms with Crippen molar-refractivity contribution >= 4 is 5.91 Å². The molecule has 0 saturated carbocycles. The van der Waals surface area contributed by atoms with Crippen LogP contribution in [0.1, 0.15) is 51.9 Å². The molecule has 0 spiro atoms. The summed E-state index contributed by atoms with van der Waals surface area (Å²) in [5, 5.41) is 3.68. The smallest absolute Gasteiger partial charge is 0.240 e. The van der Waals surface area contributed by atoms with Gasteiger partial charge in [0.1, 0.15) is 0 Å². The van der Waals surface area contributed by atoms with Crippen LogP contribution < -0.4 is 5.32 Å². The lowest BCUT2D eigenvalue weighted by Gasteiger charge is -2.30. The van der Waals surface area contributed by atoms with E-state index in [0.717, 1.165) is 32.5 Å². The SMILES string of the molecule is CCN(C(=O)CN1CCC2CCC(C1)N2)C1=CCCCC1. The molecule has 2 aliphatic heterocycles. The number of fused-ring (bicyclic) bond motifs is 2. The number of hydrogen-bond acceptors (Lipinski definition) is 3. The van der Waals surface area contributed by atoms with Crippen LogP contribution in [0.5, 0.6) is 0 Å². The van der Waals surface area contributed by atoms with Crippen LogP contribution >= 0.6 is 0 Å². The zero-order chi connectivity index (χ0) is 14.7. The van der Waals surface area contributed by atoms with Gasteiger partial charge in [-0.3, -0.25) is 9.69 Å². The van der Waals surface area contributed by atoms with Crippen molar-refractivity contribution in [2.24, 2.45) is 0 Å². The molecule has 3 aliphatic rings. The van der Waals surface area contributed by atoms with Crippen LogP contribution in [-0.4, -0.2) is 54.0 Å². The minimum atomic E-state index is 0.295. The quantitative estimate of drug-likeness (QED) is 0.862. The molecule has 2 fully saturated rings. The molecule has 2 heterocycles. The minimum absolute atomic E-state index is 0.295. The largest absolute Gasteiger partial charge is 0.316 e. The summed E-state index contributed by atoms with van der Waals surface area (Å²) in [6.07, 6.45) is 10.8. The van der Waals surface area contributed by atoms with Crippen molar-refractivity contribution in [1.82, 2.24) is 15.1 Å². The number of rotatable bonds is 4. The number of nitrogens with zero attached hydrogens (tertiary/aromatic N) is 2. The molecule has 0 radical (unpaired) electrons. The molecule has 1 N–H and O–H groups in total. The zero-order valence-electron chi connectivity index (χ0n) is 13.3. The van der Waals surface area contributed by atoms with Crippen LogP contribution in [0, 0.1) is 0 Å². The molecule has 118 valence electrons. The summed E-state index contributed by atoms with van der Waals surface area (Å²) in [6.45, 7) is 5.60. The maximum absolute atomic E-state index is 12.7. The van der Waals surface area contributed by atoms with Gasteiger partial charge in [-0.05, 0) is 51.9 Å². The van der Waals surface area contributed by atoms with Crippen molar-refractivity contribution in [2.75, 3.05) is 26.2 Å². The number of amides is 1. The van der Waals surface area contributed by atoms with Crippen molar-refractivity contribution < 1.29 is 4.79 Å². The molecular weight excluding hydrogens is 262 g/mol. The monoisotopic (exact) mass is 291 g/mol. The van der Waals surface area contributed by atoms with E-state index in [0.29, 0.717) is 24.5 Å². The zero-order valence-corrected chi connectivity index (χ0v) is 13.3. The van der Waals surface area contributed by atoms with Crippen LogP contribution in [0.25, 0.3) is 0 Å². The Kier molecular flexibility index (Phi) is 4.96. The number of carbonyl (C=O) groups excluding carboxylic acids is 1. The molecule has 3 rings (SSSR count). The van der Waals surface area contributed by atoms with E-state index in [9.17, 15) is 4.79 Å². The van der Waals surface area contributed by atoms with Gasteiger partial charge in [-0.25, -0.2) is 0 Å². The average Bonchev–Trinajstić information content (AvgIpc) is 2.83. The molecule has 2 bridgehead atoms. The van der Waals surface area contributed by atoms with E-state index in [-0.39, 0.29) is 0 Å². The summed E-state index contributed by atoms with van der Waals surface area (Å²) in [4.78, 5) is 17.1. The highest BCUT2D eigenvalue weighted by atomic mass is 16.2. The van der Waals surface area contributed by atoms with Gasteiger partial charge in [-0.15, -0.1) is 0 Å². The van der Waals surface area contributed by atoms with E-state index in [1.54, 1.807) is 0 Å². The lowest BCUT2D eigenvalue weighted by Crippen LogP contribution is -2.43. The van der Waals surface area contributed by atoms with Gasteiger partial charge in [-0.2, -0.15) is 0 Å². The first-order chi connectivity index (χ1) is 10.3. The Hall–Kier alpha value is -0.870. The maximum Gasteiger partial charge on any atom is 0.240 e. The van der Waals surface area contributed by atoms with Crippen molar-refractivity contribution in [3.8, 4) is 0 Å². The number of nitrogens with one attached hydrogen (secondary N) is 1. The van der Waals surface area contributed by atoms with Gasteiger partial charge in [0.25, 0.3) is 0 Å². The third kappa shape index (κ3) is 3.67. The summed E-state index contributed by atoms with van der Waals surface area (Å²) < 4.78 is 0. The first-order valence-corrected chi connectivity index (χ1v) is 8.74. The Bertz CT molecular complexity index is 407. The number of likely N-dealkylation sites (N-methyl/N-ethyl adjacent to an activating group) is 1. The fourth-order valence-electron chi connectivity index (χ4n) is 4.04. The van der Waals surface area contributed by atoms with Crippen molar-refractivity contribution in [3.63, 3.8) is 0 Å². The van der Waals surface area contributed by atoms with E-state index in [4.69, 9.17) is 0 Å². The first-order valence-electron chi connectivity index (χ1n) is 8.74. The summed E-state index contributed by atoms with van der Waals surface area (Å²) in [6, 6.07) is 1.30. The van der Waals surface area contributed by atoms with Crippen LogP contribution in [-0.2, 0) is 4.79 Å². The molecule has 0 aromatic rings. The standard InChI is InChI=1S/C17H29N3O/c1-2-20(16-6-4-3-5-7-16)17(21)13-19-11-10-14-8-9-15(12-19)18-14/h6,14-15,18H,2-5,7-13H2,1H3. The lowest BCUT2D eigenvalue weighted by molar-refractivity contribution is -0.130. The van der Waals surface area contributed by atoms with Crippen LogP contribution in [0.2, 0.25) is 0 Å². The van der Waals surface area contributed by atoms with Gasteiger partial charge in [0, 0.05) is 37.4 Å². The summed E-state index contributed by atoms with van der Waals surface area (Å²) >= 11 is 0. The highest BCUT2D eigenvalue weighted by Crippen LogP contribution is 2.23. The van der Waals surface area contributed by atoms with Gasteiger partial charge in [0.05, 0.1) is 6.54 Å². The molecule has 2 atom stereocenters. The van der Waals surface area contributed by atoms with E-state index in [1.165, 1.54) is 37.8 Å². The molecule has 0 aromatic carbocycles. The van der Waals surface area contributed by atoms with Gasteiger partial charge in [-0.1, -0.05) is 6.08 Å². The van der Waals surface area contributed by atoms with Gasteiger partial charge in [0.2, 0.25) is 5.91 Å². The predicted molar refractivity (Wildman–Crippen MR) is 84.9 cm³/mol. The maximum atomic E-state index is 12.7. The Balaban J connectivity index is 1.57. The first kappa shape index (κ1) is 15.0. The molecule has 2 unspecified atom stereocenters. The predicted octanol–water partition coefficient (Wildman–Crippen LogP) is 2.12. The normalized spacial score (nSPS) is 29.9. The molecule has 4 heteroatoms. The average molecular weight is 291 g/mol. The Morgan fingerprint density at radius 3 is 2.95 bits per heavy atom. The number of carbonyl (C=O) groups is 1. The summed E-state index contributed by atoms with van der Waals surface area (Å²) in [5.41, 5.74) is 1.27. The third-order valence-electron chi connectivity index (χ3n) is 5.20. The van der Waals surface area contributed by atoms with Crippen molar-refractivity contribution in [2.45, 2.75) is 64.0 Å². The second-order valence-electron chi connectivity index (χ2n) is 6.74. The number of likely N-dealkylation sites (tertiary alicyclic amines) is 1. The lowest BCUT2D eigenvalue weighted by atomic mass is 10.0. The highest BCUT2D eigenvalue weighted by Gasteiger charge is 2.30. The molecule has 1 amide bonds. The molecule has 2 saturated heterocycles. The van der Waals surface area contributed by atoms with E-state index in [2.05, 4.69) is 23.2 Å². The van der Waals surface area contributed by atoms with Gasteiger partial charge in [0.15, 0.2) is 0 Å². The third-order valence-corrected chi connectivity index (χ3v) is 5.20. The highest BCUT2D eigenvalue weighted by molar-refractivity contribution is 5.80. The minimum Gasteiger partial charge on any atom is -0.316 e. The molecule has 4 nitrogen and oxygen atoms in total. The fourth-order valence-corrected chi connectivity index (χ4v) is 4.04. The van der Waals surface area contributed by atoms with Crippen molar-refractivity contribution in [3.05, 3.63) is 11.8 Å². The second kappa shape index (κ2) is 6.93. The number of hydrogen-bond donors (Lipinski definition) is 1. The fraction of sp³-hybridized carbons (Fsp3) is 0.824. The Labute approximate surface area is 128 Å². The molecule has 21 heavy (non-hydrogen) atoms. The summed E-state index contributed by atoms with van der Waals surface area (Å²) in [7, 11) is 0. The molecular formula is C17H29N3O. The van der Waals surface area contributed by atoms with Gasteiger partial charge < -0.3 is 10.2 Å².